The predicted octanol–water partition coefficient (Wildman–Crippen LogP) is -1.32. The second-order valence-corrected chi connectivity index (χ2v) is 6.30. The van der Waals surface area contributed by atoms with Crippen LogP contribution in [-0.2, 0) is 16.1 Å². The van der Waals surface area contributed by atoms with Gasteiger partial charge in [0, 0.05) is 13.0 Å². The van der Waals surface area contributed by atoms with Crippen molar-refractivity contribution >= 4 is 17.7 Å². The molecule has 3 rings (SSSR count). The first-order valence-electron chi connectivity index (χ1n) is 7.59. The van der Waals surface area contributed by atoms with Crippen LogP contribution in [-0.4, -0.2) is 28.7 Å². The summed E-state index contributed by atoms with van der Waals surface area (Å²) in [6, 6.07) is 4.67. The van der Waals surface area contributed by atoms with Gasteiger partial charge in [0.2, 0.25) is 17.7 Å². The molecule has 1 fully saturated rings. The molecule has 1 saturated heterocycles. The topological polar surface area (TPSA) is 66.5 Å². The van der Waals surface area contributed by atoms with Crippen LogP contribution in [0.2, 0.25) is 0 Å². The Morgan fingerprint density at radius 1 is 1.30 bits per heavy atom. The number of imide groups is 1. The summed E-state index contributed by atoms with van der Waals surface area (Å²) in [5, 5.41) is 2.32. The quantitative estimate of drug-likeness (QED) is 0.508. The van der Waals surface area contributed by atoms with Gasteiger partial charge in [-0.1, -0.05) is 26.3 Å². The van der Waals surface area contributed by atoms with E-state index in [1.807, 2.05) is 13.0 Å². The summed E-state index contributed by atoms with van der Waals surface area (Å²) in [6.07, 6.45) is 0.670. The van der Waals surface area contributed by atoms with Crippen LogP contribution in [0.1, 0.15) is 59.7 Å². The minimum atomic E-state index is -0.556. The zero-order chi connectivity index (χ0) is 16.0. The van der Waals surface area contributed by atoms with E-state index < -0.39 is 6.04 Å². The molecule has 0 bridgehead atoms. The number of hydrogen-bond donors (Lipinski definition) is 1. The van der Waals surface area contributed by atoms with Gasteiger partial charge in [0.25, 0.3) is 0 Å². The molecule has 1 aromatic carbocycles. The molecule has 0 aliphatic carbocycles. The van der Waals surface area contributed by atoms with E-state index in [0.717, 1.165) is 16.7 Å². The van der Waals surface area contributed by atoms with Gasteiger partial charge in [-0.05, 0) is 12.3 Å². The van der Waals surface area contributed by atoms with Crippen LogP contribution >= 0.6 is 0 Å². The second-order valence-electron chi connectivity index (χ2n) is 6.30. The van der Waals surface area contributed by atoms with Crippen LogP contribution in [0.4, 0.5) is 0 Å². The van der Waals surface area contributed by atoms with Crippen LogP contribution < -0.4 is 63.5 Å². The van der Waals surface area contributed by atoms with E-state index in [1.54, 1.807) is 4.90 Å². The molecule has 0 radical (unpaired) electrons. The average molecular weight is 385 g/mol. The molecule has 2 aliphatic rings. The largest absolute Gasteiger partial charge is 1.00 e. The van der Waals surface area contributed by atoms with Crippen molar-refractivity contribution in [3.8, 4) is 0 Å². The van der Waals surface area contributed by atoms with Gasteiger partial charge in [-0.15, -0.1) is 5.56 Å². The Kier molecular flexibility index (Phi) is 5.98. The SMILES string of the molecule is Cc1[c-]c(C(C)C)cc2c1CN(C1CCC(=O)NC1=O)C2=O.[Rb+]. The third-order valence-corrected chi connectivity index (χ3v) is 4.44. The fourth-order valence-electron chi connectivity index (χ4n) is 3.11. The Balaban J connectivity index is 0.00000192. The molecule has 5 nitrogen and oxygen atoms in total. The van der Waals surface area contributed by atoms with Crippen LogP contribution in [0.15, 0.2) is 6.07 Å². The van der Waals surface area contributed by atoms with Gasteiger partial charge in [-0.2, -0.15) is 23.3 Å². The maximum atomic E-state index is 12.7. The zero-order valence-electron chi connectivity index (χ0n) is 14.0. The van der Waals surface area contributed by atoms with E-state index in [0.29, 0.717) is 24.4 Å². The number of nitrogens with zero attached hydrogens (tertiary/aromatic N) is 1. The molecular formula is C17H19N2O3Rb. The van der Waals surface area contributed by atoms with Crippen molar-refractivity contribution in [3.05, 3.63) is 34.4 Å². The molecule has 3 amide bonds. The van der Waals surface area contributed by atoms with Crippen molar-refractivity contribution in [3.63, 3.8) is 0 Å². The van der Waals surface area contributed by atoms with Gasteiger partial charge >= 0.3 is 58.2 Å². The van der Waals surface area contributed by atoms with Crippen molar-refractivity contribution in [2.75, 3.05) is 0 Å². The summed E-state index contributed by atoms with van der Waals surface area (Å²) in [7, 11) is 0. The Hall–Kier alpha value is -0.365. The maximum Gasteiger partial charge on any atom is 1.00 e. The summed E-state index contributed by atoms with van der Waals surface area (Å²) < 4.78 is 0. The summed E-state index contributed by atoms with van der Waals surface area (Å²) in [4.78, 5) is 37.6. The molecule has 2 aliphatic heterocycles. The predicted molar refractivity (Wildman–Crippen MR) is 80.1 cm³/mol. The third kappa shape index (κ3) is 3.53. The third-order valence-electron chi connectivity index (χ3n) is 4.44. The number of benzene rings is 1. The number of fused-ring (bicyclic) bond motifs is 1. The van der Waals surface area contributed by atoms with Crippen molar-refractivity contribution in [2.24, 2.45) is 0 Å². The normalized spacial score (nSPS) is 20.4. The fourth-order valence-corrected chi connectivity index (χ4v) is 3.11. The minimum Gasteiger partial charge on any atom is -0.335 e. The molecule has 0 spiro atoms. The van der Waals surface area contributed by atoms with E-state index in [-0.39, 0.29) is 82.3 Å². The van der Waals surface area contributed by atoms with Crippen LogP contribution in [0.3, 0.4) is 0 Å². The van der Waals surface area contributed by atoms with Gasteiger partial charge in [-0.25, -0.2) is 0 Å². The zero-order valence-corrected chi connectivity index (χ0v) is 18.9. The van der Waals surface area contributed by atoms with Crippen LogP contribution in [0, 0.1) is 13.0 Å². The van der Waals surface area contributed by atoms with Crippen molar-refractivity contribution < 1.29 is 72.6 Å². The summed E-state index contributed by atoms with van der Waals surface area (Å²) in [5.74, 6) is -0.468. The average Bonchev–Trinajstić information content (AvgIpc) is 2.77. The number of rotatable bonds is 2. The second kappa shape index (κ2) is 7.25. The Labute approximate surface area is 185 Å². The molecule has 6 heteroatoms. The van der Waals surface area contributed by atoms with Crippen LogP contribution in [0.25, 0.3) is 0 Å². The van der Waals surface area contributed by atoms with Crippen LogP contribution in [0.5, 0.6) is 0 Å². The standard InChI is InChI=1S/C17H19N2O3.Rb/c1-9(2)11-6-10(3)13-8-19(17(22)12(13)7-11)14-4-5-15(20)18-16(14)21;/h7,9,14H,4-5,8H2,1-3H3,(H,18,20,21);/q-1;+1. The number of hydrogen-bond acceptors (Lipinski definition) is 3. The van der Waals surface area contributed by atoms with Gasteiger partial charge < -0.3 is 4.90 Å². The number of aryl methyl sites for hydroxylation is 1. The van der Waals surface area contributed by atoms with E-state index >= 15 is 0 Å². The van der Waals surface area contributed by atoms with Gasteiger partial charge in [0.15, 0.2) is 0 Å². The Bertz CT molecular complexity index is 685. The van der Waals surface area contributed by atoms with Crippen molar-refractivity contribution in [2.45, 2.75) is 52.1 Å². The van der Waals surface area contributed by atoms with Gasteiger partial charge in [0.05, 0.1) is 0 Å². The first-order chi connectivity index (χ1) is 10.4. The molecule has 116 valence electrons. The monoisotopic (exact) mass is 384 g/mol. The number of amides is 3. The summed E-state index contributed by atoms with van der Waals surface area (Å²) >= 11 is 0. The number of carbonyl (C=O) groups excluding carboxylic acids is 3. The molecule has 1 aromatic rings. The number of carbonyl (C=O) groups is 3. The molecule has 0 saturated carbocycles. The van der Waals surface area contributed by atoms with E-state index in [2.05, 4.69) is 25.2 Å². The molecule has 1 N–H and O–H groups in total. The van der Waals surface area contributed by atoms with E-state index in [4.69, 9.17) is 0 Å². The summed E-state index contributed by atoms with van der Waals surface area (Å²) in [5.41, 5.74) is 3.59. The molecule has 23 heavy (non-hydrogen) atoms. The molecule has 1 unspecified atom stereocenters. The molecule has 2 heterocycles. The first-order valence-corrected chi connectivity index (χ1v) is 7.59. The summed E-state index contributed by atoms with van der Waals surface area (Å²) in [6.45, 7) is 6.50. The Morgan fingerprint density at radius 2 is 2.00 bits per heavy atom. The maximum absolute atomic E-state index is 12.7. The smallest absolute Gasteiger partial charge is 0.335 e. The van der Waals surface area contributed by atoms with E-state index in [9.17, 15) is 14.4 Å². The minimum absolute atomic E-state index is 0. The fraction of sp³-hybridized carbons (Fsp3) is 0.471. The Morgan fingerprint density at radius 3 is 2.61 bits per heavy atom. The van der Waals surface area contributed by atoms with Gasteiger partial charge in [-0.3, -0.25) is 19.7 Å². The van der Waals surface area contributed by atoms with Gasteiger partial charge in [0.1, 0.15) is 6.04 Å². The molecule has 1 atom stereocenters. The van der Waals surface area contributed by atoms with Crippen molar-refractivity contribution in [1.29, 1.82) is 0 Å². The molecule has 0 aromatic heterocycles. The van der Waals surface area contributed by atoms with E-state index in [1.165, 1.54) is 0 Å². The number of piperidine rings is 1. The van der Waals surface area contributed by atoms with Crippen molar-refractivity contribution in [1.82, 2.24) is 10.2 Å². The molecular weight excluding hydrogens is 366 g/mol. The first kappa shape index (κ1) is 19.0. The number of nitrogens with one attached hydrogen (secondary N) is 1.